The summed E-state index contributed by atoms with van der Waals surface area (Å²) in [4.78, 5) is 15.2. The van der Waals surface area contributed by atoms with E-state index in [9.17, 15) is 13.2 Å². The molecule has 0 saturated carbocycles. The fourth-order valence-electron chi connectivity index (χ4n) is 4.43. The van der Waals surface area contributed by atoms with Gasteiger partial charge in [-0.25, -0.2) is 8.42 Å². The number of carbonyl (C=O) groups excluding carboxylic acids is 1. The zero-order valence-corrected chi connectivity index (χ0v) is 18.0. The fraction of sp³-hybridized carbons (Fsp3) is 0.409. The maximum absolute atomic E-state index is 12.7. The number of piperidine rings is 3. The molecule has 3 fully saturated rings. The van der Waals surface area contributed by atoms with Gasteiger partial charge in [-0.1, -0.05) is 6.07 Å². The second kappa shape index (κ2) is 8.28. The van der Waals surface area contributed by atoms with Crippen LogP contribution in [0.3, 0.4) is 0 Å². The lowest BCUT2D eigenvalue weighted by atomic mass is 9.79. The SMILES string of the molecule is C[C@H]1[C@H](NC(=O)c2ccc(Oc3cccc(NS(C)(=O)=O)c3)cc2)C2CCN1CC2. The average Bonchev–Trinajstić information content (AvgIpc) is 2.70. The Morgan fingerprint density at radius 3 is 2.40 bits per heavy atom. The molecule has 2 N–H and O–H groups in total. The standard InChI is InChI=1S/C22H27N3O4S/c1-15-21(16-10-12-25(15)13-11-16)23-22(26)17-6-8-19(9-7-17)29-20-5-3-4-18(14-20)24-30(2,27)28/h3-9,14-16,21,24H,10-13H2,1-2H3,(H,23,26)/t15-,21-/m0/s1. The van der Waals surface area contributed by atoms with Gasteiger partial charge in [-0.3, -0.25) is 14.4 Å². The van der Waals surface area contributed by atoms with Gasteiger partial charge in [-0.15, -0.1) is 0 Å². The Labute approximate surface area is 177 Å². The van der Waals surface area contributed by atoms with E-state index in [0.29, 0.717) is 34.7 Å². The number of carbonyl (C=O) groups is 1. The highest BCUT2D eigenvalue weighted by Crippen LogP contribution is 2.32. The van der Waals surface area contributed by atoms with Gasteiger partial charge < -0.3 is 10.1 Å². The molecule has 0 aromatic heterocycles. The molecule has 3 heterocycles. The van der Waals surface area contributed by atoms with Crippen molar-refractivity contribution in [3.63, 3.8) is 0 Å². The average molecular weight is 430 g/mol. The van der Waals surface area contributed by atoms with Crippen molar-refractivity contribution in [2.75, 3.05) is 24.1 Å². The normalized spacial score (nSPS) is 25.5. The Kier molecular flexibility index (Phi) is 5.71. The first-order valence-electron chi connectivity index (χ1n) is 10.2. The van der Waals surface area contributed by atoms with Crippen LogP contribution in [0.4, 0.5) is 5.69 Å². The number of rotatable bonds is 6. The summed E-state index contributed by atoms with van der Waals surface area (Å²) in [5.74, 6) is 1.57. The molecule has 0 radical (unpaired) electrons. The van der Waals surface area contributed by atoms with Crippen LogP contribution >= 0.6 is 0 Å². The third kappa shape index (κ3) is 4.76. The Hall–Kier alpha value is -2.58. The number of anilines is 1. The Morgan fingerprint density at radius 2 is 1.77 bits per heavy atom. The minimum Gasteiger partial charge on any atom is -0.457 e. The predicted octanol–water partition coefficient (Wildman–Crippen LogP) is 3.06. The molecule has 0 aliphatic carbocycles. The minimum absolute atomic E-state index is 0.0634. The summed E-state index contributed by atoms with van der Waals surface area (Å²) in [6.45, 7) is 4.45. The zero-order valence-electron chi connectivity index (χ0n) is 17.2. The number of hydrogen-bond donors (Lipinski definition) is 2. The van der Waals surface area contributed by atoms with Gasteiger partial charge in [0.2, 0.25) is 10.0 Å². The van der Waals surface area contributed by atoms with Gasteiger partial charge >= 0.3 is 0 Å². The summed E-state index contributed by atoms with van der Waals surface area (Å²) < 4.78 is 31.0. The van der Waals surface area contributed by atoms with Crippen molar-refractivity contribution in [3.8, 4) is 11.5 Å². The van der Waals surface area contributed by atoms with Crippen molar-refractivity contribution in [1.82, 2.24) is 10.2 Å². The maximum atomic E-state index is 12.7. The molecular formula is C22H27N3O4S. The van der Waals surface area contributed by atoms with Crippen LogP contribution in [-0.4, -0.2) is 50.7 Å². The van der Waals surface area contributed by atoms with Crippen molar-refractivity contribution in [2.45, 2.75) is 31.8 Å². The van der Waals surface area contributed by atoms with Crippen molar-refractivity contribution < 1.29 is 17.9 Å². The van der Waals surface area contributed by atoms with Crippen LogP contribution in [0.15, 0.2) is 48.5 Å². The number of sulfonamides is 1. The van der Waals surface area contributed by atoms with E-state index in [0.717, 1.165) is 32.2 Å². The van der Waals surface area contributed by atoms with Crippen molar-refractivity contribution in [3.05, 3.63) is 54.1 Å². The van der Waals surface area contributed by atoms with Gasteiger partial charge in [0.1, 0.15) is 11.5 Å². The Balaban J connectivity index is 1.39. The quantitative estimate of drug-likeness (QED) is 0.737. The van der Waals surface area contributed by atoms with Crippen LogP contribution < -0.4 is 14.8 Å². The summed E-state index contributed by atoms with van der Waals surface area (Å²) in [7, 11) is -3.35. The summed E-state index contributed by atoms with van der Waals surface area (Å²) in [6, 6.07) is 14.2. The van der Waals surface area contributed by atoms with E-state index in [1.165, 1.54) is 0 Å². The number of nitrogens with zero attached hydrogens (tertiary/aromatic N) is 1. The lowest BCUT2D eigenvalue weighted by Crippen LogP contribution is -2.62. The van der Waals surface area contributed by atoms with Crippen LogP contribution in [0.25, 0.3) is 0 Å². The summed E-state index contributed by atoms with van der Waals surface area (Å²) in [5, 5.41) is 3.23. The highest BCUT2D eigenvalue weighted by atomic mass is 32.2. The van der Waals surface area contributed by atoms with Gasteiger partial charge in [-0.2, -0.15) is 0 Å². The molecule has 5 rings (SSSR count). The molecule has 0 spiro atoms. The highest BCUT2D eigenvalue weighted by Gasteiger charge is 2.40. The van der Waals surface area contributed by atoms with E-state index in [1.54, 1.807) is 48.5 Å². The first-order valence-corrected chi connectivity index (χ1v) is 12.1. The van der Waals surface area contributed by atoms with Crippen molar-refractivity contribution >= 4 is 21.6 Å². The first-order chi connectivity index (χ1) is 14.3. The summed E-state index contributed by atoms with van der Waals surface area (Å²) in [6.07, 6.45) is 3.39. The van der Waals surface area contributed by atoms with Gasteiger partial charge in [0.25, 0.3) is 5.91 Å². The number of benzene rings is 2. The summed E-state index contributed by atoms with van der Waals surface area (Å²) >= 11 is 0. The minimum atomic E-state index is -3.35. The second-order valence-corrected chi connectivity index (χ2v) is 9.89. The predicted molar refractivity (Wildman–Crippen MR) is 116 cm³/mol. The van der Waals surface area contributed by atoms with Crippen LogP contribution in [0, 0.1) is 5.92 Å². The molecule has 0 unspecified atom stereocenters. The zero-order chi connectivity index (χ0) is 21.3. The largest absolute Gasteiger partial charge is 0.457 e. The monoisotopic (exact) mass is 429 g/mol. The molecule has 2 aromatic carbocycles. The molecule has 2 atom stereocenters. The third-order valence-electron chi connectivity index (χ3n) is 5.97. The molecule has 1 amide bonds. The molecule has 2 aromatic rings. The van der Waals surface area contributed by atoms with Crippen LogP contribution in [0.1, 0.15) is 30.1 Å². The van der Waals surface area contributed by atoms with E-state index < -0.39 is 10.0 Å². The molecule has 3 saturated heterocycles. The van der Waals surface area contributed by atoms with Crippen LogP contribution in [0.2, 0.25) is 0 Å². The van der Waals surface area contributed by atoms with E-state index >= 15 is 0 Å². The van der Waals surface area contributed by atoms with E-state index in [1.807, 2.05) is 0 Å². The van der Waals surface area contributed by atoms with Gasteiger partial charge in [-0.05, 0) is 75.2 Å². The summed E-state index contributed by atoms with van der Waals surface area (Å²) in [5.41, 5.74) is 1.02. The number of hydrogen-bond acceptors (Lipinski definition) is 5. The van der Waals surface area contributed by atoms with Gasteiger partial charge in [0, 0.05) is 23.7 Å². The van der Waals surface area contributed by atoms with Crippen molar-refractivity contribution in [2.24, 2.45) is 5.92 Å². The van der Waals surface area contributed by atoms with E-state index in [2.05, 4.69) is 21.9 Å². The lowest BCUT2D eigenvalue weighted by Gasteiger charge is -2.49. The second-order valence-electron chi connectivity index (χ2n) is 8.14. The Bertz CT molecular complexity index is 1010. The first kappa shape index (κ1) is 20.7. The topological polar surface area (TPSA) is 87.7 Å². The lowest BCUT2D eigenvalue weighted by molar-refractivity contribution is 0.0217. The fourth-order valence-corrected chi connectivity index (χ4v) is 4.98. The highest BCUT2D eigenvalue weighted by molar-refractivity contribution is 7.92. The molecule has 8 heteroatoms. The molecule has 3 aliphatic rings. The Morgan fingerprint density at radius 1 is 1.07 bits per heavy atom. The molecule has 7 nitrogen and oxygen atoms in total. The molecule has 3 aliphatic heterocycles. The van der Waals surface area contributed by atoms with Crippen LogP contribution in [0.5, 0.6) is 11.5 Å². The van der Waals surface area contributed by atoms with Crippen LogP contribution in [-0.2, 0) is 10.0 Å². The van der Waals surface area contributed by atoms with E-state index in [4.69, 9.17) is 4.74 Å². The van der Waals surface area contributed by atoms with Crippen molar-refractivity contribution in [1.29, 1.82) is 0 Å². The number of ether oxygens (including phenoxy) is 1. The smallest absolute Gasteiger partial charge is 0.251 e. The maximum Gasteiger partial charge on any atom is 0.251 e. The third-order valence-corrected chi connectivity index (χ3v) is 6.57. The molecule has 2 bridgehead atoms. The molecule has 30 heavy (non-hydrogen) atoms. The number of nitrogens with one attached hydrogen (secondary N) is 2. The number of amides is 1. The number of fused-ring (bicyclic) bond motifs is 3. The van der Waals surface area contributed by atoms with E-state index in [-0.39, 0.29) is 11.9 Å². The van der Waals surface area contributed by atoms with Gasteiger partial charge in [0.15, 0.2) is 0 Å². The molecular weight excluding hydrogens is 402 g/mol. The van der Waals surface area contributed by atoms with Gasteiger partial charge in [0.05, 0.1) is 11.9 Å². The molecule has 160 valence electrons.